The number of aromatic nitrogens is 2. The number of hydrogen-bond acceptors (Lipinski definition) is 5. The van der Waals surface area contributed by atoms with Gasteiger partial charge in [0.1, 0.15) is 0 Å². The van der Waals surface area contributed by atoms with Gasteiger partial charge in [0.25, 0.3) is 10.0 Å². The molecule has 0 atom stereocenters. The average molecular weight is 250 g/mol. The summed E-state index contributed by atoms with van der Waals surface area (Å²) < 4.78 is 22.2. The Morgan fingerprint density at radius 3 is 2.47 bits per heavy atom. The highest BCUT2D eigenvalue weighted by Crippen LogP contribution is 2.12. The van der Waals surface area contributed by atoms with Crippen LogP contribution in [0.3, 0.4) is 0 Å². The smallest absolute Gasteiger partial charge is 0.255 e. The fraction of sp³-hybridized carbons (Fsp3) is 0. The molecule has 0 aliphatic carbocycles. The fourth-order valence-corrected chi connectivity index (χ4v) is 1.68. The topological polar surface area (TPSA) is 98.0 Å². The minimum absolute atomic E-state index is 0.183. The summed E-state index contributed by atoms with van der Waals surface area (Å²) in [7, 11) is -3.81. The van der Waals surface area contributed by atoms with E-state index in [1.54, 1.807) is 0 Å². The van der Waals surface area contributed by atoms with Crippen molar-refractivity contribution in [3.63, 3.8) is 0 Å². The number of nitrogens with one attached hydrogen (secondary N) is 1. The second kappa shape index (κ2) is 4.48. The molecule has 0 aliphatic rings. The van der Waals surface area contributed by atoms with Crippen LogP contribution in [0.2, 0.25) is 0 Å². The van der Waals surface area contributed by atoms with Crippen LogP contribution in [0.4, 0.5) is 11.6 Å². The molecule has 0 bridgehead atoms. The summed E-state index contributed by atoms with van der Waals surface area (Å²) in [6.07, 6.45) is 1.33. The van der Waals surface area contributed by atoms with Crippen LogP contribution in [0.5, 0.6) is 0 Å². The Morgan fingerprint density at radius 1 is 1.12 bits per heavy atom. The number of primary sulfonamides is 1. The van der Waals surface area contributed by atoms with Crippen LogP contribution in [0.1, 0.15) is 0 Å². The molecule has 1 heterocycles. The van der Waals surface area contributed by atoms with E-state index in [-0.39, 0.29) is 11.0 Å². The van der Waals surface area contributed by atoms with Gasteiger partial charge in [0.05, 0.1) is 0 Å². The van der Waals surface area contributed by atoms with Crippen molar-refractivity contribution in [3.05, 3.63) is 42.6 Å². The van der Waals surface area contributed by atoms with E-state index in [1.807, 2.05) is 30.3 Å². The van der Waals surface area contributed by atoms with Crippen LogP contribution in [-0.4, -0.2) is 18.4 Å². The molecule has 17 heavy (non-hydrogen) atoms. The zero-order chi connectivity index (χ0) is 12.3. The Balaban J connectivity index is 2.29. The van der Waals surface area contributed by atoms with Crippen molar-refractivity contribution in [2.45, 2.75) is 5.03 Å². The lowest BCUT2D eigenvalue weighted by molar-refractivity contribution is 0.594. The molecule has 1 aromatic carbocycles. The summed E-state index contributed by atoms with van der Waals surface area (Å²) in [6.45, 7) is 0. The Hall–Kier alpha value is -1.99. The first-order valence-corrected chi connectivity index (χ1v) is 6.28. The molecule has 2 aromatic rings. The number of rotatable bonds is 3. The second-order valence-electron chi connectivity index (χ2n) is 3.25. The van der Waals surface area contributed by atoms with E-state index < -0.39 is 10.0 Å². The van der Waals surface area contributed by atoms with Gasteiger partial charge >= 0.3 is 0 Å². The fourth-order valence-electron chi connectivity index (χ4n) is 1.21. The van der Waals surface area contributed by atoms with Crippen LogP contribution in [-0.2, 0) is 10.0 Å². The zero-order valence-corrected chi connectivity index (χ0v) is 9.55. The SMILES string of the molecule is NS(=O)(=O)c1ccnc(Nc2ccccc2)n1. The van der Waals surface area contributed by atoms with E-state index in [0.717, 1.165) is 5.69 Å². The van der Waals surface area contributed by atoms with E-state index in [0.29, 0.717) is 0 Å². The zero-order valence-electron chi connectivity index (χ0n) is 8.74. The maximum Gasteiger partial charge on any atom is 0.255 e. The summed E-state index contributed by atoms with van der Waals surface area (Å²) in [5, 5.41) is 7.63. The van der Waals surface area contributed by atoms with Gasteiger partial charge < -0.3 is 5.32 Å². The molecule has 0 unspecified atom stereocenters. The van der Waals surface area contributed by atoms with Gasteiger partial charge in [-0.25, -0.2) is 18.5 Å². The lowest BCUT2D eigenvalue weighted by Gasteiger charge is -2.04. The van der Waals surface area contributed by atoms with Crippen molar-refractivity contribution < 1.29 is 8.42 Å². The van der Waals surface area contributed by atoms with Gasteiger partial charge in [-0.15, -0.1) is 0 Å². The Morgan fingerprint density at radius 2 is 1.82 bits per heavy atom. The van der Waals surface area contributed by atoms with E-state index in [2.05, 4.69) is 15.3 Å². The van der Waals surface area contributed by atoms with Crippen LogP contribution in [0.15, 0.2) is 47.6 Å². The van der Waals surface area contributed by atoms with Crippen molar-refractivity contribution in [2.75, 3.05) is 5.32 Å². The standard InChI is InChI=1S/C10H10N4O2S/c11-17(15,16)9-6-7-12-10(14-9)13-8-4-2-1-3-5-8/h1-7H,(H2,11,15,16)(H,12,13,14). The molecule has 2 rings (SSSR count). The first kappa shape index (κ1) is 11.5. The average Bonchev–Trinajstić information content (AvgIpc) is 2.29. The molecule has 0 fully saturated rings. The maximum atomic E-state index is 11.1. The molecule has 0 saturated heterocycles. The highest BCUT2D eigenvalue weighted by atomic mass is 32.2. The lowest BCUT2D eigenvalue weighted by Crippen LogP contribution is -2.14. The molecular formula is C10H10N4O2S. The second-order valence-corrected chi connectivity index (χ2v) is 4.76. The first-order chi connectivity index (χ1) is 8.05. The molecule has 0 saturated carbocycles. The normalized spacial score (nSPS) is 11.1. The Kier molecular flexibility index (Phi) is 3.03. The lowest BCUT2D eigenvalue weighted by atomic mass is 10.3. The Labute approximate surface area is 98.6 Å². The molecule has 1 aromatic heterocycles. The molecule has 0 aliphatic heterocycles. The van der Waals surface area contributed by atoms with Gasteiger partial charge in [-0.3, -0.25) is 0 Å². The highest BCUT2D eigenvalue weighted by molar-refractivity contribution is 7.89. The van der Waals surface area contributed by atoms with E-state index in [4.69, 9.17) is 5.14 Å². The maximum absolute atomic E-state index is 11.1. The summed E-state index contributed by atoms with van der Waals surface area (Å²) in [6, 6.07) is 10.4. The van der Waals surface area contributed by atoms with Crippen LogP contribution < -0.4 is 10.5 Å². The van der Waals surface area contributed by atoms with Gasteiger partial charge in [-0.05, 0) is 18.2 Å². The Bertz CT molecular complexity index is 613. The summed E-state index contributed by atoms with van der Waals surface area (Å²) in [5.74, 6) is 0.183. The number of hydrogen-bond donors (Lipinski definition) is 2. The third-order valence-electron chi connectivity index (χ3n) is 1.95. The largest absolute Gasteiger partial charge is 0.324 e. The van der Waals surface area contributed by atoms with Gasteiger partial charge in [0, 0.05) is 11.9 Å². The van der Waals surface area contributed by atoms with Gasteiger partial charge in [0.15, 0.2) is 5.03 Å². The minimum Gasteiger partial charge on any atom is -0.324 e. The molecule has 0 amide bonds. The molecule has 3 N–H and O–H groups in total. The number of sulfonamides is 1. The third-order valence-corrected chi connectivity index (χ3v) is 2.76. The van der Waals surface area contributed by atoms with Crippen LogP contribution >= 0.6 is 0 Å². The predicted molar refractivity (Wildman–Crippen MR) is 63.1 cm³/mol. The quantitative estimate of drug-likeness (QED) is 0.787. The highest BCUT2D eigenvalue weighted by Gasteiger charge is 2.10. The number of nitrogens with two attached hydrogens (primary N) is 1. The first-order valence-electron chi connectivity index (χ1n) is 4.73. The van der Waals surface area contributed by atoms with E-state index in [1.165, 1.54) is 12.3 Å². The van der Waals surface area contributed by atoms with Crippen molar-refractivity contribution in [1.82, 2.24) is 9.97 Å². The van der Waals surface area contributed by atoms with E-state index >= 15 is 0 Å². The van der Waals surface area contributed by atoms with Gasteiger partial charge in [-0.2, -0.15) is 4.98 Å². The minimum atomic E-state index is -3.81. The van der Waals surface area contributed by atoms with Gasteiger partial charge in [0.2, 0.25) is 5.95 Å². The summed E-state index contributed by atoms with van der Waals surface area (Å²) in [4.78, 5) is 7.71. The summed E-state index contributed by atoms with van der Waals surface area (Å²) >= 11 is 0. The van der Waals surface area contributed by atoms with Crippen molar-refractivity contribution in [1.29, 1.82) is 0 Å². The van der Waals surface area contributed by atoms with Crippen LogP contribution in [0, 0.1) is 0 Å². The number of benzene rings is 1. The predicted octanol–water partition coefficient (Wildman–Crippen LogP) is 0.868. The third kappa shape index (κ3) is 2.99. The summed E-state index contributed by atoms with van der Waals surface area (Å²) in [5.41, 5.74) is 0.763. The van der Waals surface area contributed by atoms with Crippen molar-refractivity contribution >= 4 is 21.7 Å². The van der Waals surface area contributed by atoms with Crippen molar-refractivity contribution in [2.24, 2.45) is 5.14 Å². The van der Waals surface area contributed by atoms with Crippen molar-refractivity contribution in [3.8, 4) is 0 Å². The number of anilines is 2. The molecular weight excluding hydrogens is 240 g/mol. The molecule has 7 heteroatoms. The number of para-hydroxylation sites is 1. The van der Waals surface area contributed by atoms with Gasteiger partial charge in [-0.1, -0.05) is 18.2 Å². The molecule has 0 radical (unpaired) electrons. The molecule has 6 nitrogen and oxygen atoms in total. The number of nitrogens with zero attached hydrogens (tertiary/aromatic N) is 2. The molecule has 88 valence electrons. The molecule has 0 spiro atoms. The van der Waals surface area contributed by atoms with Crippen LogP contribution in [0.25, 0.3) is 0 Å². The monoisotopic (exact) mass is 250 g/mol. The van der Waals surface area contributed by atoms with E-state index in [9.17, 15) is 8.42 Å².